The first-order valence-electron chi connectivity index (χ1n) is 6.22. The number of nitrogens with two attached hydrogens (primary N) is 1. The van der Waals surface area contributed by atoms with Gasteiger partial charge in [-0.3, -0.25) is 4.79 Å². The Morgan fingerprint density at radius 2 is 2.11 bits per heavy atom. The molecule has 0 heterocycles. The maximum atomic E-state index is 11.8. The highest BCUT2D eigenvalue weighted by Gasteiger charge is 2.24. The number of likely N-dealkylation sites (N-methyl/N-ethyl adjacent to an activating group) is 1. The van der Waals surface area contributed by atoms with E-state index in [9.17, 15) is 4.79 Å². The molecule has 0 spiro atoms. The van der Waals surface area contributed by atoms with Crippen LogP contribution in [0.25, 0.3) is 0 Å². The summed E-state index contributed by atoms with van der Waals surface area (Å²) in [4.78, 5) is 13.5. The Morgan fingerprint density at radius 3 is 2.56 bits per heavy atom. The number of carbonyl (C=O) groups excluding carboxylic acids is 1. The van der Waals surface area contributed by atoms with Crippen molar-refractivity contribution in [2.75, 3.05) is 20.1 Å². The van der Waals surface area contributed by atoms with Crippen LogP contribution in [-0.2, 0) is 4.79 Å². The fourth-order valence-corrected chi connectivity index (χ4v) is 1.44. The van der Waals surface area contributed by atoms with Crippen molar-refractivity contribution < 1.29 is 10.0 Å². The van der Waals surface area contributed by atoms with Gasteiger partial charge in [0.1, 0.15) is 5.84 Å². The van der Waals surface area contributed by atoms with Crippen LogP contribution in [0.3, 0.4) is 0 Å². The van der Waals surface area contributed by atoms with Gasteiger partial charge in [0.05, 0.1) is 6.04 Å². The minimum atomic E-state index is -0.388. The minimum Gasteiger partial charge on any atom is -0.409 e. The molecule has 0 aliphatic carbocycles. The molecule has 106 valence electrons. The zero-order chi connectivity index (χ0) is 14.3. The molecule has 0 fully saturated rings. The highest BCUT2D eigenvalue weighted by molar-refractivity contribution is 5.85. The Kier molecular flexibility index (Phi) is 6.68. The van der Waals surface area contributed by atoms with Gasteiger partial charge in [-0.2, -0.15) is 0 Å². The summed E-state index contributed by atoms with van der Waals surface area (Å²) in [7, 11) is 1.78. The van der Waals surface area contributed by atoms with Crippen LogP contribution in [0, 0.1) is 5.41 Å². The smallest absolute Gasteiger partial charge is 0.239 e. The van der Waals surface area contributed by atoms with Gasteiger partial charge in [0.2, 0.25) is 5.91 Å². The molecule has 0 rings (SSSR count). The first-order chi connectivity index (χ1) is 8.26. The van der Waals surface area contributed by atoms with Crippen molar-refractivity contribution in [2.45, 2.75) is 40.2 Å². The second-order valence-corrected chi connectivity index (χ2v) is 5.15. The molecule has 1 unspecified atom stereocenters. The van der Waals surface area contributed by atoms with E-state index in [1.165, 1.54) is 0 Å². The minimum absolute atomic E-state index is 0.0686. The SMILES string of the molecule is CCN(C)C(=O)C(C)NCCC(C)(C)C(N)=NO. The molecule has 0 saturated carbocycles. The molecule has 0 aromatic rings. The quantitative estimate of drug-likeness (QED) is 0.270. The normalized spacial score (nSPS) is 14.4. The lowest BCUT2D eigenvalue weighted by Crippen LogP contribution is -2.44. The molecular weight excluding hydrogens is 232 g/mol. The van der Waals surface area contributed by atoms with Gasteiger partial charge in [-0.15, -0.1) is 0 Å². The van der Waals surface area contributed by atoms with Crippen LogP contribution in [0.2, 0.25) is 0 Å². The lowest BCUT2D eigenvalue weighted by atomic mass is 9.88. The molecule has 1 amide bonds. The first-order valence-corrected chi connectivity index (χ1v) is 6.22. The van der Waals surface area contributed by atoms with E-state index in [4.69, 9.17) is 10.9 Å². The molecule has 6 heteroatoms. The van der Waals surface area contributed by atoms with Gasteiger partial charge in [-0.1, -0.05) is 19.0 Å². The average molecular weight is 258 g/mol. The maximum Gasteiger partial charge on any atom is 0.239 e. The Bertz CT molecular complexity index is 302. The van der Waals surface area contributed by atoms with Crippen LogP contribution in [0.4, 0.5) is 0 Å². The zero-order valence-corrected chi connectivity index (χ0v) is 12.0. The van der Waals surface area contributed by atoms with Crippen molar-refractivity contribution in [3.63, 3.8) is 0 Å². The standard InChI is InChI=1S/C12H26N4O2/c1-6-16(5)10(17)9(2)14-8-7-12(3,4)11(13)15-18/h9,14,18H,6-8H2,1-5H3,(H2,13,15). The predicted octanol–water partition coefficient (Wildman–Crippen LogP) is 0.606. The molecule has 4 N–H and O–H groups in total. The van der Waals surface area contributed by atoms with Gasteiger partial charge in [0.15, 0.2) is 0 Å². The van der Waals surface area contributed by atoms with Crippen molar-refractivity contribution in [3.8, 4) is 0 Å². The number of hydrogen-bond donors (Lipinski definition) is 3. The van der Waals surface area contributed by atoms with Crippen LogP contribution in [0.15, 0.2) is 5.16 Å². The van der Waals surface area contributed by atoms with Crippen molar-refractivity contribution in [1.29, 1.82) is 0 Å². The number of amides is 1. The number of nitrogens with one attached hydrogen (secondary N) is 1. The van der Waals surface area contributed by atoms with Crippen molar-refractivity contribution >= 4 is 11.7 Å². The number of amidine groups is 1. The van der Waals surface area contributed by atoms with Crippen molar-refractivity contribution in [3.05, 3.63) is 0 Å². The van der Waals surface area contributed by atoms with Gasteiger partial charge < -0.3 is 21.2 Å². The fraction of sp³-hybridized carbons (Fsp3) is 0.833. The molecular formula is C12H26N4O2. The average Bonchev–Trinajstić information content (AvgIpc) is 2.35. The van der Waals surface area contributed by atoms with E-state index in [1.807, 2.05) is 27.7 Å². The Morgan fingerprint density at radius 1 is 1.56 bits per heavy atom. The van der Waals surface area contributed by atoms with Gasteiger partial charge in [-0.05, 0) is 26.8 Å². The highest BCUT2D eigenvalue weighted by atomic mass is 16.4. The van der Waals surface area contributed by atoms with Crippen LogP contribution in [0.5, 0.6) is 0 Å². The molecule has 0 radical (unpaired) electrons. The van der Waals surface area contributed by atoms with Crippen LogP contribution in [0.1, 0.15) is 34.1 Å². The maximum absolute atomic E-state index is 11.8. The lowest BCUT2D eigenvalue weighted by Gasteiger charge is -2.25. The number of carbonyl (C=O) groups is 1. The van der Waals surface area contributed by atoms with Crippen LogP contribution >= 0.6 is 0 Å². The summed E-state index contributed by atoms with van der Waals surface area (Å²) < 4.78 is 0. The summed E-state index contributed by atoms with van der Waals surface area (Å²) in [5.74, 6) is 0.271. The monoisotopic (exact) mass is 258 g/mol. The molecule has 0 aromatic heterocycles. The number of oxime groups is 1. The topological polar surface area (TPSA) is 91.0 Å². The van der Waals surface area contributed by atoms with E-state index in [-0.39, 0.29) is 23.2 Å². The third kappa shape index (κ3) is 4.91. The summed E-state index contributed by atoms with van der Waals surface area (Å²) in [6.07, 6.45) is 0.691. The summed E-state index contributed by atoms with van der Waals surface area (Å²) in [5.41, 5.74) is 5.21. The molecule has 6 nitrogen and oxygen atoms in total. The van der Waals surface area contributed by atoms with Gasteiger partial charge >= 0.3 is 0 Å². The van der Waals surface area contributed by atoms with E-state index in [1.54, 1.807) is 11.9 Å². The number of hydrogen-bond acceptors (Lipinski definition) is 4. The summed E-state index contributed by atoms with van der Waals surface area (Å²) in [5, 5.41) is 14.8. The second kappa shape index (κ2) is 7.20. The van der Waals surface area contributed by atoms with Crippen molar-refractivity contribution in [2.24, 2.45) is 16.3 Å². The van der Waals surface area contributed by atoms with E-state index >= 15 is 0 Å². The predicted molar refractivity (Wildman–Crippen MR) is 72.6 cm³/mol. The van der Waals surface area contributed by atoms with Gasteiger partial charge in [0.25, 0.3) is 0 Å². The molecule has 0 aromatic carbocycles. The van der Waals surface area contributed by atoms with Crippen LogP contribution < -0.4 is 11.1 Å². The van der Waals surface area contributed by atoms with Crippen molar-refractivity contribution in [1.82, 2.24) is 10.2 Å². The summed E-state index contributed by atoms with van der Waals surface area (Å²) in [6.45, 7) is 8.90. The molecule has 0 bridgehead atoms. The molecule has 0 aliphatic rings. The summed E-state index contributed by atoms with van der Waals surface area (Å²) in [6, 6.07) is -0.224. The van der Waals surface area contributed by atoms with Gasteiger partial charge in [0, 0.05) is 19.0 Å². The number of nitrogens with zero attached hydrogens (tertiary/aromatic N) is 2. The van der Waals surface area contributed by atoms with E-state index in [2.05, 4.69) is 10.5 Å². The Balaban J connectivity index is 4.16. The first kappa shape index (κ1) is 16.7. The Hall–Kier alpha value is -1.30. The lowest BCUT2D eigenvalue weighted by molar-refractivity contribution is -0.131. The Labute approximate surface area is 109 Å². The highest BCUT2D eigenvalue weighted by Crippen LogP contribution is 2.19. The largest absolute Gasteiger partial charge is 0.409 e. The van der Waals surface area contributed by atoms with E-state index in [0.29, 0.717) is 19.5 Å². The molecule has 1 atom stereocenters. The zero-order valence-electron chi connectivity index (χ0n) is 12.0. The third-order valence-corrected chi connectivity index (χ3v) is 3.22. The molecule has 0 saturated heterocycles. The summed E-state index contributed by atoms with van der Waals surface area (Å²) >= 11 is 0. The number of rotatable bonds is 7. The van der Waals surface area contributed by atoms with Gasteiger partial charge in [-0.25, -0.2) is 0 Å². The molecule has 0 aliphatic heterocycles. The second-order valence-electron chi connectivity index (χ2n) is 5.15. The third-order valence-electron chi connectivity index (χ3n) is 3.22. The van der Waals surface area contributed by atoms with Crippen LogP contribution in [-0.4, -0.2) is 48.0 Å². The molecule has 18 heavy (non-hydrogen) atoms. The van der Waals surface area contributed by atoms with E-state index in [0.717, 1.165) is 0 Å². The van der Waals surface area contributed by atoms with E-state index < -0.39 is 0 Å². The fourth-order valence-electron chi connectivity index (χ4n) is 1.44.